The minimum Gasteiger partial charge on any atom is -0.336 e. The number of benzene rings is 1. The number of thiazole rings is 1. The van der Waals surface area contributed by atoms with E-state index in [1.165, 1.54) is 16.9 Å². The SMILES string of the molecule is CC(C)c1ccc(-c2nc(C(=O)N3CCNCC3c3nccn3C)cs2)cc1. The molecule has 3 aromatic rings. The number of rotatable bonds is 4. The molecular formula is C21H25N5OS. The van der Waals surface area contributed by atoms with E-state index in [-0.39, 0.29) is 11.9 Å². The first-order valence-electron chi connectivity index (χ1n) is 9.59. The molecule has 6 nitrogen and oxygen atoms in total. The second kappa shape index (κ2) is 7.85. The zero-order chi connectivity index (χ0) is 19.7. The van der Waals surface area contributed by atoms with E-state index < -0.39 is 0 Å². The molecule has 1 atom stereocenters. The summed E-state index contributed by atoms with van der Waals surface area (Å²) in [6, 6.07) is 8.36. The van der Waals surface area contributed by atoms with Crippen LogP contribution in [0, 0.1) is 0 Å². The molecular weight excluding hydrogens is 370 g/mol. The maximum absolute atomic E-state index is 13.2. The number of amides is 1. The van der Waals surface area contributed by atoms with Gasteiger partial charge in [0.2, 0.25) is 0 Å². The van der Waals surface area contributed by atoms with E-state index in [1.54, 1.807) is 6.20 Å². The first kappa shape index (κ1) is 18.8. The number of carbonyl (C=O) groups is 1. The topological polar surface area (TPSA) is 63.1 Å². The van der Waals surface area contributed by atoms with E-state index in [0.717, 1.165) is 22.9 Å². The molecule has 28 heavy (non-hydrogen) atoms. The Morgan fingerprint density at radius 2 is 2.07 bits per heavy atom. The van der Waals surface area contributed by atoms with Crippen molar-refractivity contribution in [3.8, 4) is 10.6 Å². The number of aromatic nitrogens is 3. The largest absolute Gasteiger partial charge is 0.336 e. The second-order valence-electron chi connectivity index (χ2n) is 7.43. The molecule has 1 amide bonds. The predicted octanol–water partition coefficient (Wildman–Crippen LogP) is 3.45. The van der Waals surface area contributed by atoms with Crippen molar-refractivity contribution in [1.29, 1.82) is 0 Å². The number of nitrogens with zero attached hydrogens (tertiary/aromatic N) is 4. The van der Waals surface area contributed by atoms with Crippen molar-refractivity contribution in [2.75, 3.05) is 19.6 Å². The molecule has 1 N–H and O–H groups in total. The van der Waals surface area contributed by atoms with Crippen LogP contribution in [-0.2, 0) is 7.05 Å². The van der Waals surface area contributed by atoms with Gasteiger partial charge in [-0.05, 0) is 11.5 Å². The Bertz CT molecular complexity index is 959. The van der Waals surface area contributed by atoms with E-state index in [9.17, 15) is 4.79 Å². The minimum atomic E-state index is -0.0864. The van der Waals surface area contributed by atoms with Crippen molar-refractivity contribution in [2.45, 2.75) is 25.8 Å². The summed E-state index contributed by atoms with van der Waals surface area (Å²) in [6.07, 6.45) is 3.68. The molecule has 0 spiro atoms. The molecule has 0 saturated carbocycles. The fourth-order valence-electron chi connectivity index (χ4n) is 3.54. The fraction of sp³-hybridized carbons (Fsp3) is 0.381. The lowest BCUT2D eigenvalue weighted by Crippen LogP contribution is -2.49. The highest BCUT2D eigenvalue weighted by molar-refractivity contribution is 7.13. The maximum Gasteiger partial charge on any atom is 0.274 e. The van der Waals surface area contributed by atoms with E-state index in [0.29, 0.717) is 24.7 Å². The molecule has 0 aliphatic carbocycles. The standard InChI is InChI=1S/C21H25N5OS/c1-14(2)15-4-6-16(7-5-15)20-24-17(13-28-20)21(27)26-11-8-22-12-18(26)19-23-9-10-25(19)3/h4-7,9-10,13-14,18,22H,8,11-12H2,1-3H3. The van der Waals surface area contributed by atoms with Gasteiger partial charge in [0.25, 0.3) is 5.91 Å². The van der Waals surface area contributed by atoms with Crippen molar-refractivity contribution in [2.24, 2.45) is 7.05 Å². The molecule has 3 heterocycles. The van der Waals surface area contributed by atoms with Crippen LogP contribution >= 0.6 is 11.3 Å². The number of carbonyl (C=O) groups excluding carboxylic acids is 1. The van der Waals surface area contributed by atoms with Gasteiger partial charge in [0.1, 0.15) is 22.6 Å². The monoisotopic (exact) mass is 395 g/mol. The molecule has 0 bridgehead atoms. The fourth-order valence-corrected chi connectivity index (χ4v) is 4.34. The lowest BCUT2D eigenvalue weighted by molar-refractivity contribution is 0.0615. The molecule has 2 aromatic heterocycles. The van der Waals surface area contributed by atoms with Gasteiger partial charge in [-0.2, -0.15) is 0 Å². The molecule has 1 saturated heterocycles. The zero-order valence-corrected chi connectivity index (χ0v) is 17.2. The van der Waals surface area contributed by atoms with Crippen LogP contribution in [0.4, 0.5) is 0 Å². The van der Waals surface area contributed by atoms with Crippen LogP contribution in [0.2, 0.25) is 0 Å². The number of hydrogen-bond acceptors (Lipinski definition) is 5. The molecule has 1 unspecified atom stereocenters. The van der Waals surface area contributed by atoms with Crippen LogP contribution in [0.3, 0.4) is 0 Å². The quantitative estimate of drug-likeness (QED) is 0.735. The minimum absolute atomic E-state index is 0.0317. The molecule has 1 aromatic carbocycles. The highest BCUT2D eigenvalue weighted by Gasteiger charge is 2.32. The van der Waals surface area contributed by atoms with Gasteiger partial charge in [-0.25, -0.2) is 9.97 Å². The van der Waals surface area contributed by atoms with Crippen LogP contribution in [0.15, 0.2) is 42.0 Å². The Labute approximate surface area is 169 Å². The lowest BCUT2D eigenvalue weighted by Gasteiger charge is -2.35. The summed E-state index contributed by atoms with van der Waals surface area (Å²) in [4.78, 5) is 24.2. The van der Waals surface area contributed by atoms with Gasteiger partial charge >= 0.3 is 0 Å². The van der Waals surface area contributed by atoms with E-state index in [4.69, 9.17) is 0 Å². The van der Waals surface area contributed by atoms with Crippen LogP contribution < -0.4 is 5.32 Å². The average molecular weight is 396 g/mol. The Morgan fingerprint density at radius 1 is 1.29 bits per heavy atom. The number of hydrogen-bond donors (Lipinski definition) is 1. The smallest absolute Gasteiger partial charge is 0.274 e. The van der Waals surface area contributed by atoms with Gasteiger partial charge in [-0.1, -0.05) is 38.1 Å². The van der Waals surface area contributed by atoms with Gasteiger partial charge in [0.05, 0.1) is 0 Å². The van der Waals surface area contributed by atoms with Crippen LogP contribution in [0.5, 0.6) is 0 Å². The molecule has 0 radical (unpaired) electrons. The van der Waals surface area contributed by atoms with Crippen LogP contribution in [-0.4, -0.2) is 45.0 Å². The predicted molar refractivity (Wildman–Crippen MR) is 111 cm³/mol. The summed E-state index contributed by atoms with van der Waals surface area (Å²) in [5.74, 6) is 1.36. The summed E-state index contributed by atoms with van der Waals surface area (Å²) in [5, 5.41) is 6.11. The Hall–Kier alpha value is -2.51. The maximum atomic E-state index is 13.2. The number of imidazole rings is 1. The van der Waals surface area contributed by atoms with Gasteiger partial charge in [-0.3, -0.25) is 4.79 Å². The second-order valence-corrected chi connectivity index (χ2v) is 8.29. The normalized spacial score (nSPS) is 17.3. The molecule has 146 valence electrons. The summed E-state index contributed by atoms with van der Waals surface area (Å²) in [6.45, 7) is 6.48. The third-order valence-corrected chi connectivity index (χ3v) is 6.10. The first-order valence-corrected chi connectivity index (χ1v) is 10.5. The van der Waals surface area contributed by atoms with E-state index in [2.05, 4.69) is 53.4 Å². The van der Waals surface area contributed by atoms with Crippen molar-refractivity contribution in [3.63, 3.8) is 0 Å². The Morgan fingerprint density at radius 3 is 2.75 bits per heavy atom. The third kappa shape index (κ3) is 3.59. The van der Waals surface area contributed by atoms with E-state index >= 15 is 0 Å². The number of aryl methyl sites for hydroxylation is 1. The average Bonchev–Trinajstić information content (AvgIpc) is 3.37. The van der Waals surface area contributed by atoms with E-state index in [1.807, 2.05) is 28.1 Å². The van der Waals surface area contributed by atoms with Gasteiger partial charge in [0.15, 0.2) is 0 Å². The summed E-state index contributed by atoms with van der Waals surface area (Å²) in [7, 11) is 1.96. The molecule has 1 fully saturated rings. The summed E-state index contributed by atoms with van der Waals surface area (Å²) < 4.78 is 1.97. The lowest BCUT2D eigenvalue weighted by atomic mass is 10.0. The Balaban J connectivity index is 1.57. The molecule has 7 heteroatoms. The Kier molecular flexibility index (Phi) is 5.28. The van der Waals surface area contributed by atoms with Crippen LogP contribution in [0.1, 0.15) is 47.7 Å². The highest BCUT2D eigenvalue weighted by atomic mass is 32.1. The first-order chi connectivity index (χ1) is 13.5. The van der Waals surface area contributed by atoms with Crippen molar-refractivity contribution >= 4 is 17.2 Å². The zero-order valence-electron chi connectivity index (χ0n) is 16.4. The van der Waals surface area contributed by atoms with Crippen molar-refractivity contribution < 1.29 is 4.79 Å². The summed E-state index contributed by atoms with van der Waals surface area (Å²) >= 11 is 1.52. The van der Waals surface area contributed by atoms with Crippen molar-refractivity contribution in [3.05, 3.63) is 59.1 Å². The molecule has 4 rings (SSSR count). The van der Waals surface area contributed by atoms with Gasteiger partial charge in [-0.15, -0.1) is 11.3 Å². The third-order valence-electron chi connectivity index (χ3n) is 5.21. The summed E-state index contributed by atoms with van der Waals surface area (Å²) in [5.41, 5.74) is 2.86. The van der Waals surface area contributed by atoms with Crippen LogP contribution in [0.25, 0.3) is 10.6 Å². The molecule has 1 aliphatic rings. The number of nitrogens with one attached hydrogen (secondary N) is 1. The highest BCUT2D eigenvalue weighted by Crippen LogP contribution is 2.28. The van der Waals surface area contributed by atoms with Gasteiger partial charge < -0.3 is 14.8 Å². The van der Waals surface area contributed by atoms with Crippen molar-refractivity contribution in [1.82, 2.24) is 24.8 Å². The van der Waals surface area contributed by atoms with Gasteiger partial charge in [0, 0.05) is 50.0 Å². The molecule has 1 aliphatic heterocycles. The number of piperazine rings is 1.